The first-order valence-corrected chi connectivity index (χ1v) is 9.90. The van der Waals surface area contributed by atoms with Gasteiger partial charge in [0.05, 0.1) is 12.1 Å². The van der Waals surface area contributed by atoms with Crippen LogP contribution in [0.5, 0.6) is 5.88 Å². The Morgan fingerprint density at radius 3 is 2.48 bits per heavy atom. The summed E-state index contributed by atoms with van der Waals surface area (Å²) in [5.41, 5.74) is 2.27. The second kappa shape index (κ2) is 8.73. The predicted octanol–water partition coefficient (Wildman–Crippen LogP) is 3.96. The standard InChI is InChI=1S/C21H22ClN5O2/c22-16-7-5-15(6-8-16)13-26-9-11-27(12-10-26)14-19(28)24-25-20-17-3-1-2-4-18(17)23-21(20)29/h1-8,23,29H,9-14H2. The fourth-order valence-corrected chi connectivity index (χ4v) is 3.62. The molecule has 2 N–H and O–H groups in total. The monoisotopic (exact) mass is 411 g/mol. The van der Waals surface area contributed by atoms with Crippen LogP contribution in [-0.4, -0.2) is 58.5 Å². The molecule has 4 rings (SSSR count). The number of amides is 1. The van der Waals surface area contributed by atoms with Crippen molar-refractivity contribution >= 4 is 34.1 Å². The molecule has 29 heavy (non-hydrogen) atoms. The lowest BCUT2D eigenvalue weighted by molar-refractivity contribution is -0.119. The molecular weight excluding hydrogens is 390 g/mol. The van der Waals surface area contributed by atoms with Gasteiger partial charge in [0, 0.05) is 43.1 Å². The maximum Gasteiger partial charge on any atom is 0.278 e. The van der Waals surface area contributed by atoms with Crippen LogP contribution in [0.25, 0.3) is 10.9 Å². The van der Waals surface area contributed by atoms with Crippen LogP contribution in [0.15, 0.2) is 58.8 Å². The molecule has 0 aliphatic carbocycles. The van der Waals surface area contributed by atoms with Gasteiger partial charge in [-0.15, -0.1) is 10.2 Å². The Bertz CT molecular complexity index is 1020. The lowest BCUT2D eigenvalue weighted by Gasteiger charge is -2.33. The van der Waals surface area contributed by atoms with Crippen molar-refractivity contribution in [3.05, 3.63) is 59.1 Å². The van der Waals surface area contributed by atoms with Crippen molar-refractivity contribution in [1.82, 2.24) is 14.8 Å². The summed E-state index contributed by atoms with van der Waals surface area (Å²) in [5.74, 6) is -0.403. The molecule has 1 aromatic heterocycles. The highest BCUT2D eigenvalue weighted by Gasteiger charge is 2.19. The average Bonchev–Trinajstić information content (AvgIpc) is 3.04. The zero-order valence-electron chi connectivity index (χ0n) is 15.9. The lowest BCUT2D eigenvalue weighted by atomic mass is 10.2. The van der Waals surface area contributed by atoms with E-state index in [0.29, 0.717) is 5.69 Å². The van der Waals surface area contributed by atoms with Gasteiger partial charge in [-0.25, -0.2) is 0 Å². The SMILES string of the molecule is O=C(CN1CCN(Cc2ccc(Cl)cc2)CC1)N=Nc1c(O)[nH]c2ccccc12. The minimum Gasteiger partial charge on any atom is -0.493 e. The fourth-order valence-electron chi connectivity index (χ4n) is 3.50. The van der Waals surface area contributed by atoms with E-state index in [2.05, 4.69) is 25.0 Å². The van der Waals surface area contributed by atoms with E-state index in [1.54, 1.807) is 0 Å². The third-order valence-corrected chi connectivity index (χ3v) is 5.32. The van der Waals surface area contributed by atoms with E-state index in [1.807, 2.05) is 48.5 Å². The third-order valence-electron chi connectivity index (χ3n) is 5.06. The van der Waals surface area contributed by atoms with E-state index in [0.717, 1.165) is 48.6 Å². The van der Waals surface area contributed by atoms with Crippen molar-refractivity contribution in [2.45, 2.75) is 6.54 Å². The van der Waals surface area contributed by atoms with Crippen LogP contribution in [0.3, 0.4) is 0 Å². The first-order chi connectivity index (χ1) is 14.1. The van der Waals surface area contributed by atoms with E-state index in [1.165, 1.54) is 5.56 Å². The largest absolute Gasteiger partial charge is 0.493 e. The molecule has 0 saturated carbocycles. The second-order valence-electron chi connectivity index (χ2n) is 7.14. The van der Waals surface area contributed by atoms with Crippen LogP contribution in [0.2, 0.25) is 5.02 Å². The molecule has 0 atom stereocenters. The van der Waals surface area contributed by atoms with Crippen molar-refractivity contribution < 1.29 is 9.90 Å². The van der Waals surface area contributed by atoms with Crippen LogP contribution < -0.4 is 0 Å². The molecule has 0 radical (unpaired) electrons. The molecule has 1 fully saturated rings. The van der Waals surface area contributed by atoms with Gasteiger partial charge in [0.2, 0.25) is 5.88 Å². The fraction of sp³-hybridized carbons (Fsp3) is 0.286. The van der Waals surface area contributed by atoms with E-state index < -0.39 is 0 Å². The molecule has 0 unspecified atom stereocenters. The molecule has 3 aromatic rings. The summed E-state index contributed by atoms with van der Waals surface area (Å²) in [5, 5.41) is 19.3. The molecule has 2 aromatic carbocycles. The number of carbonyl (C=O) groups is 1. The Morgan fingerprint density at radius 1 is 1.03 bits per heavy atom. The molecular formula is C21H22ClN5O2. The van der Waals surface area contributed by atoms with Gasteiger partial charge in [-0.2, -0.15) is 0 Å². The molecule has 0 spiro atoms. The van der Waals surface area contributed by atoms with Gasteiger partial charge >= 0.3 is 0 Å². The Kier molecular flexibility index (Phi) is 5.89. The Balaban J connectivity index is 1.29. The van der Waals surface area contributed by atoms with Gasteiger partial charge in [-0.3, -0.25) is 14.6 Å². The highest BCUT2D eigenvalue weighted by atomic mass is 35.5. The summed E-state index contributed by atoms with van der Waals surface area (Å²) in [6, 6.07) is 15.3. The summed E-state index contributed by atoms with van der Waals surface area (Å²) in [7, 11) is 0. The highest BCUT2D eigenvalue weighted by molar-refractivity contribution is 6.30. The molecule has 2 heterocycles. The van der Waals surface area contributed by atoms with Crippen molar-refractivity contribution in [2.75, 3.05) is 32.7 Å². The first kappa shape index (κ1) is 19.6. The number of aromatic amines is 1. The predicted molar refractivity (Wildman–Crippen MR) is 113 cm³/mol. The van der Waals surface area contributed by atoms with Gasteiger partial charge in [-0.05, 0) is 23.8 Å². The number of nitrogens with one attached hydrogen (secondary N) is 1. The van der Waals surface area contributed by atoms with Crippen molar-refractivity contribution in [2.24, 2.45) is 10.2 Å². The van der Waals surface area contributed by atoms with E-state index in [4.69, 9.17) is 11.6 Å². The summed E-state index contributed by atoms with van der Waals surface area (Å²) in [6.07, 6.45) is 0. The number of nitrogens with zero attached hydrogens (tertiary/aromatic N) is 4. The number of fused-ring (bicyclic) bond motifs is 1. The molecule has 1 aliphatic heterocycles. The molecule has 0 bridgehead atoms. The molecule has 1 amide bonds. The van der Waals surface area contributed by atoms with Crippen LogP contribution in [0.4, 0.5) is 5.69 Å². The third kappa shape index (κ3) is 4.82. The Morgan fingerprint density at radius 2 is 1.72 bits per heavy atom. The minimum atomic E-state index is -0.319. The number of aromatic nitrogens is 1. The number of hydrogen-bond donors (Lipinski definition) is 2. The van der Waals surface area contributed by atoms with Crippen LogP contribution in [0.1, 0.15) is 5.56 Å². The zero-order valence-corrected chi connectivity index (χ0v) is 16.6. The highest BCUT2D eigenvalue weighted by Crippen LogP contribution is 2.35. The van der Waals surface area contributed by atoms with Crippen molar-refractivity contribution in [1.29, 1.82) is 0 Å². The molecule has 1 aliphatic rings. The van der Waals surface area contributed by atoms with Crippen LogP contribution >= 0.6 is 11.6 Å². The topological polar surface area (TPSA) is 84.3 Å². The number of aromatic hydroxyl groups is 1. The van der Waals surface area contributed by atoms with E-state index >= 15 is 0 Å². The number of H-pyrrole nitrogens is 1. The zero-order chi connectivity index (χ0) is 20.2. The molecule has 1 saturated heterocycles. The molecule has 150 valence electrons. The summed E-state index contributed by atoms with van der Waals surface area (Å²) < 4.78 is 0. The number of rotatable bonds is 5. The van der Waals surface area contributed by atoms with Crippen LogP contribution in [0, 0.1) is 0 Å². The average molecular weight is 412 g/mol. The van der Waals surface area contributed by atoms with Gasteiger partial charge in [-0.1, -0.05) is 41.9 Å². The molecule has 7 nitrogen and oxygen atoms in total. The number of hydrogen-bond acceptors (Lipinski definition) is 5. The maximum atomic E-state index is 12.2. The number of halogens is 1. The summed E-state index contributed by atoms with van der Waals surface area (Å²) in [4.78, 5) is 19.5. The number of piperazine rings is 1. The summed E-state index contributed by atoms with van der Waals surface area (Å²) >= 11 is 5.93. The number of azo groups is 1. The Hall–Kier alpha value is -2.74. The molecule has 8 heteroatoms. The normalized spacial score (nSPS) is 16.0. The number of para-hydroxylation sites is 1. The van der Waals surface area contributed by atoms with E-state index in [9.17, 15) is 9.90 Å². The first-order valence-electron chi connectivity index (χ1n) is 9.52. The van der Waals surface area contributed by atoms with Gasteiger partial charge in [0.1, 0.15) is 0 Å². The smallest absolute Gasteiger partial charge is 0.278 e. The van der Waals surface area contributed by atoms with Crippen LogP contribution in [-0.2, 0) is 11.3 Å². The van der Waals surface area contributed by atoms with Crippen molar-refractivity contribution in [3.8, 4) is 5.88 Å². The lowest BCUT2D eigenvalue weighted by Crippen LogP contribution is -2.47. The second-order valence-corrected chi connectivity index (χ2v) is 7.58. The number of carbonyl (C=O) groups excluding carboxylic acids is 1. The summed E-state index contributed by atoms with van der Waals surface area (Å²) in [6.45, 7) is 4.47. The Labute approximate surface area is 173 Å². The minimum absolute atomic E-state index is 0.0847. The van der Waals surface area contributed by atoms with Gasteiger partial charge < -0.3 is 10.1 Å². The quantitative estimate of drug-likeness (QED) is 0.622. The van der Waals surface area contributed by atoms with Gasteiger partial charge in [0.25, 0.3) is 5.91 Å². The van der Waals surface area contributed by atoms with Crippen molar-refractivity contribution in [3.63, 3.8) is 0 Å². The maximum absolute atomic E-state index is 12.2. The number of benzene rings is 2. The van der Waals surface area contributed by atoms with Gasteiger partial charge in [0.15, 0.2) is 5.69 Å². The van der Waals surface area contributed by atoms with E-state index in [-0.39, 0.29) is 18.3 Å².